The molecule has 0 aliphatic carbocycles. The maximum atomic E-state index is 0. The molecule has 0 fully saturated rings. The molecule has 0 aromatic carbocycles. The van der Waals surface area contributed by atoms with Crippen molar-refractivity contribution in [3.05, 3.63) is 0 Å². The summed E-state index contributed by atoms with van der Waals surface area (Å²) in [5, 5.41) is 0. The van der Waals surface area contributed by atoms with Gasteiger partial charge >= 0.3 is 39.0 Å². The summed E-state index contributed by atoms with van der Waals surface area (Å²) >= 11 is 0. The van der Waals surface area contributed by atoms with Gasteiger partial charge in [-0.25, -0.2) is 0 Å². The first-order valence-electron chi connectivity index (χ1n) is 0. The second-order valence-corrected chi connectivity index (χ2v) is 0. The third-order valence-electron chi connectivity index (χ3n) is 0. The molecule has 0 bridgehead atoms. The first kappa shape index (κ1) is 172. The fraction of sp³-hybridized carbons (Fsp3) is 0. The summed E-state index contributed by atoms with van der Waals surface area (Å²) in [5.74, 6) is 0. The predicted molar refractivity (Wildman–Crippen MR) is 46.5 cm³/mol. The second kappa shape index (κ2) is 130. The third kappa shape index (κ3) is 105. The first-order valence-corrected chi connectivity index (χ1v) is 0. The van der Waals surface area contributed by atoms with Gasteiger partial charge in [-0.1, -0.05) is 0 Å². The van der Waals surface area contributed by atoms with Crippen LogP contribution in [0.1, 0.15) is 0 Å². The third-order valence-corrected chi connectivity index (χ3v) is 0. The Kier molecular flexibility index (Phi) is 2480. The zero-order chi connectivity index (χ0) is 0. The maximum Gasteiger partial charge on any atom is 3.00 e. The van der Waals surface area contributed by atoms with Gasteiger partial charge in [-0.15, -0.1) is 0 Å². The molecule has 3 nitrogen and oxygen atoms in total. The molecule has 9 heavy (non-hydrogen) atoms. The molecule has 0 saturated heterocycles. The molecule has 0 rings (SSSR count). The Morgan fingerprint density at radius 1 is 0.333 bits per heavy atom. The zero-order valence-corrected chi connectivity index (χ0v) is 13.7. The average molecular weight is 390 g/mol. The van der Waals surface area contributed by atoms with Crippen LogP contribution in [-0.2, 0) is 55.4 Å². The average Bonchev–Trinajstić information content (AvgIpc) is 0. The van der Waals surface area contributed by atoms with Gasteiger partial charge < -0.3 is 16.4 Å². The fourth-order valence-electron chi connectivity index (χ4n) is 0. The molecule has 0 aliphatic rings. The van der Waals surface area contributed by atoms with Crippen LogP contribution in [0.4, 0.5) is 0 Å². The van der Waals surface area contributed by atoms with Crippen molar-refractivity contribution >= 4 is 39.6 Å². The van der Waals surface area contributed by atoms with Crippen LogP contribution in [0.3, 0.4) is 0 Å². The molecule has 9 heteroatoms. The van der Waals surface area contributed by atoms with Gasteiger partial charge in [0, 0.05) is 0 Å². The molecule has 4 unspecified atom stereocenters. The Morgan fingerprint density at radius 2 is 0.333 bits per heavy atom. The van der Waals surface area contributed by atoms with Gasteiger partial charge in [0.15, 0.2) is 0 Å². The molecule has 68 valence electrons. The SMILES string of the molecule is P.P.P.P.[O-2].[O-2].[O-2].[Rh+3].[Rh+3]. The normalized spacial score (nSPS) is 0. The molecule has 0 aliphatic heterocycles. The van der Waals surface area contributed by atoms with Crippen molar-refractivity contribution in [2.24, 2.45) is 0 Å². The Hall–Kier alpha value is 2.85. The van der Waals surface area contributed by atoms with Crippen molar-refractivity contribution in [3.63, 3.8) is 0 Å². The van der Waals surface area contributed by atoms with E-state index in [4.69, 9.17) is 0 Å². The maximum absolute atomic E-state index is 0. The largest absolute Gasteiger partial charge is 3.00 e. The van der Waals surface area contributed by atoms with Crippen LogP contribution in [-0.4, -0.2) is 0 Å². The van der Waals surface area contributed by atoms with Crippen LogP contribution in [0.15, 0.2) is 0 Å². The van der Waals surface area contributed by atoms with Crippen molar-refractivity contribution in [3.8, 4) is 0 Å². The summed E-state index contributed by atoms with van der Waals surface area (Å²) in [6.07, 6.45) is 0. The molecular weight excluding hydrogens is 378 g/mol. The Labute approximate surface area is 94.6 Å². The molecule has 0 saturated carbocycles. The van der Waals surface area contributed by atoms with E-state index < -0.39 is 0 Å². The summed E-state index contributed by atoms with van der Waals surface area (Å²) in [7, 11) is 0. The minimum atomic E-state index is 0. The quantitative estimate of drug-likeness (QED) is 0.408. The van der Waals surface area contributed by atoms with E-state index in [1.54, 1.807) is 0 Å². The molecule has 0 aromatic heterocycles. The van der Waals surface area contributed by atoms with E-state index in [0.717, 1.165) is 0 Å². The summed E-state index contributed by atoms with van der Waals surface area (Å²) in [6.45, 7) is 0. The summed E-state index contributed by atoms with van der Waals surface area (Å²) in [5.41, 5.74) is 0. The van der Waals surface area contributed by atoms with Gasteiger partial charge in [0.2, 0.25) is 0 Å². The van der Waals surface area contributed by atoms with Gasteiger partial charge in [-0.05, 0) is 0 Å². The van der Waals surface area contributed by atoms with E-state index in [1.807, 2.05) is 0 Å². The Morgan fingerprint density at radius 3 is 0.333 bits per heavy atom. The van der Waals surface area contributed by atoms with Crippen LogP contribution in [0.25, 0.3) is 0 Å². The number of hydrogen-bond acceptors (Lipinski definition) is 0. The topological polar surface area (TPSA) is 85.5 Å². The number of rotatable bonds is 0. The van der Waals surface area contributed by atoms with Gasteiger partial charge in [0.05, 0.1) is 0 Å². The van der Waals surface area contributed by atoms with Crippen molar-refractivity contribution in [2.75, 3.05) is 0 Å². The molecule has 0 spiro atoms. The fourth-order valence-corrected chi connectivity index (χ4v) is 0. The van der Waals surface area contributed by atoms with Crippen LogP contribution in [0.2, 0.25) is 0 Å². The van der Waals surface area contributed by atoms with Crippen molar-refractivity contribution in [1.29, 1.82) is 0 Å². The Bertz CT molecular complexity index is 13.8. The van der Waals surface area contributed by atoms with Crippen molar-refractivity contribution < 1.29 is 55.4 Å². The van der Waals surface area contributed by atoms with Crippen LogP contribution < -0.4 is 0 Å². The van der Waals surface area contributed by atoms with E-state index in [1.165, 1.54) is 0 Å². The van der Waals surface area contributed by atoms with Gasteiger partial charge in [0.25, 0.3) is 0 Å². The van der Waals surface area contributed by atoms with E-state index in [2.05, 4.69) is 0 Å². The van der Waals surface area contributed by atoms with Crippen LogP contribution in [0.5, 0.6) is 0 Å². The standard InChI is InChI=1S/3O.4H3P.2Rh/h;;;4*1H3;;/q3*-2;;;;;2*+3. The second-order valence-electron chi connectivity index (χ2n) is 0. The van der Waals surface area contributed by atoms with E-state index >= 15 is 0 Å². The molecule has 0 heterocycles. The molecular formula is H12O3P4Rh2. The predicted octanol–water partition coefficient (Wildman–Crippen LogP) is -0.129. The smallest absolute Gasteiger partial charge is 2.00 e. The summed E-state index contributed by atoms with van der Waals surface area (Å²) in [4.78, 5) is 0. The number of hydrogen-bond donors (Lipinski definition) is 0. The summed E-state index contributed by atoms with van der Waals surface area (Å²) < 4.78 is 0. The summed E-state index contributed by atoms with van der Waals surface area (Å²) in [6, 6.07) is 0. The molecule has 4 atom stereocenters. The van der Waals surface area contributed by atoms with Gasteiger partial charge in [-0.3, -0.25) is 0 Å². The molecule has 0 radical (unpaired) electrons. The van der Waals surface area contributed by atoms with E-state index in [0.29, 0.717) is 0 Å². The van der Waals surface area contributed by atoms with Crippen molar-refractivity contribution in [2.45, 2.75) is 0 Å². The van der Waals surface area contributed by atoms with Crippen molar-refractivity contribution in [1.82, 2.24) is 0 Å². The monoisotopic (exact) mass is 390 g/mol. The first-order chi connectivity index (χ1) is 0. The van der Waals surface area contributed by atoms with Gasteiger partial charge in [0.1, 0.15) is 0 Å². The molecule has 0 N–H and O–H groups in total. The Balaban J connectivity index is 0. The minimum Gasteiger partial charge on any atom is -2.00 e. The van der Waals surface area contributed by atoms with E-state index in [-0.39, 0.29) is 95.0 Å². The minimum absolute atomic E-state index is 0. The van der Waals surface area contributed by atoms with Gasteiger partial charge in [-0.2, -0.15) is 39.6 Å². The molecule has 0 aromatic rings. The molecule has 0 amide bonds. The van der Waals surface area contributed by atoms with Crippen LogP contribution >= 0.6 is 39.6 Å². The van der Waals surface area contributed by atoms with E-state index in [9.17, 15) is 0 Å². The zero-order valence-electron chi connectivity index (χ0n) is 4.72. The van der Waals surface area contributed by atoms with Crippen LogP contribution in [0, 0.1) is 0 Å².